The van der Waals surface area contributed by atoms with E-state index in [-0.39, 0.29) is 25.7 Å². The minimum atomic E-state index is -0.885. The normalized spacial score (nSPS) is 11.4. The zero-order valence-corrected chi connectivity index (χ0v) is 47.3. The van der Waals surface area contributed by atoms with Crippen molar-refractivity contribution in [2.24, 2.45) is 0 Å². The smallest absolute Gasteiger partial charge is 0.247 e. The molecule has 0 aliphatic heterocycles. The molecule has 6 heteroatoms. The number of carbonyl (C=O) groups is 1. The first-order valence-electron chi connectivity index (χ1n) is 27.1. The van der Waals surface area contributed by atoms with Gasteiger partial charge in [-0.3, -0.25) is 9.97 Å². The molecule has 3 heterocycles. The summed E-state index contributed by atoms with van der Waals surface area (Å²) < 4.78 is 0. The largest absolute Gasteiger partial charge is 0.521 e. The minimum Gasteiger partial charge on any atom is -0.521 e. The molecule has 1 N–H and O–H groups in total. The van der Waals surface area contributed by atoms with Crippen LogP contribution in [0.3, 0.4) is 0 Å². The molecule has 81 heavy (non-hydrogen) atoms. The summed E-state index contributed by atoms with van der Waals surface area (Å²) in [6, 6.07) is 85.9. The van der Waals surface area contributed by atoms with Crippen molar-refractivity contribution in [1.29, 1.82) is 0 Å². The van der Waals surface area contributed by atoms with E-state index in [2.05, 4.69) is 230 Å². The molecule has 1 aliphatic rings. The van der Waals surface area contributed by atoms with Gasteiger partial charge in [0.2, 0.25) is 5.97 Å². The molecule has 9 aromatic carbocycles. The molecule has 0 amide bonds. The van der Waals surface area contributed by atoms with Crippen LogP contribution in [0.2, 0.25) is 0 Å². The zero-order valence-electron chi connectivity index (χ0n) is 44.9. The maximum Gasteiger partial charge on any atom is 0.247 e. The van der Waals surface area contributed by atoms with Crippen LogP contribution < -0.4 is 0 Å². The van der Waals surface area contributed by atoms with Gasteiger partial charge < -0.3 is 14.9 Å². The van der Waals surface area contributed by atoms with Gasteiger partial charge in [0.05, 0.1) is 0 Å². The van der Waals surface area contributed by atoms with Crippen molar-refractivity contribution in [2.75, 3.05) is 0 Å². The van der Waals surface area contributed by atoms with Crippen molar-refractivity contribution in [3.05, 3.63) is 295 Å². The summed E-state index contributed by atoms with van der Waals surface area (Å²) >= 11 is 0. The summed E-state index contributed by atoms with van der Waals surface area (Å²) in [5.74, 6) is -0.885. The van der Waals surface area contributed by atoms with E-state index in [9.17, 15) is 4.79 Å². The first-order chi connectivity index (χ1) is 39.3. The summed E-state index contributed by atoms with van der Waals surface area (Å²) in [7, 11) is 0. The number of rotatable bonds is 11. The van der Waals surface area contributed by atoms with Crippen molar-refractivity contribution < 1.29 is 30.0 Å². The van der Waals surface area contributed by atoms with Gasteiger partial charge >= 0.3 is 0 Å². The molecule has 0 spiro atoms. The fourth-order valence-electron chi connectivity index (χ4n) is 11.0. The number of nitrogens with zero attached hydrogens (tertiary/aromatic N) is 3. The van der Waals surface area contributed by atoms with Crippen LogP contribution in [0.5, 0.6) is 0 Å². The van der Waals surface area contributed by atoms with E-state index in [4.69, 9.17) is 10.1 Å². The van der Waals surface area contributed by atoms with Crippen LogP contribution in [0.25, 0.3) is 111 Å². The molecule has 393 valence electrons. The predicted molar refractivity (Wildman–Crippen MR) is 327 cm³/mol. The summed E-state index contributed by atoms with van der Waals surface area (Å²) in [5.41, 5.74) is 27.0. The number of fused-ring (bicyclic) bond motifs is 1. The molecule has 1 aliphatic carbocycles. The van der Waals surface area contributed by atoms with E-state index in [1.54, 1.807) is 6.07 Å². The Kier molecular flexibility index (Phi) is 16.1. The fraction of sp³-hybridized carbons (Fsp3) is 0.0667. The van der Waals surface area contributed by atoms with Gasteiger partial charge in [-0.1, -0.05) is 176 Å². The van der Waals surface area contributed by atoms with E-state index < -0.39 is 5.97 Å². The maximum absolute atomic E-state index is 10.6. The van der Waals surface area contributed by atoms with Gasteiger partial charge in [0.15, 0.2) is 0 Å². The van der Waals surface area contributed by atoms with Crippen LogP contribution in [0.1, 0.15) is 39.0 Å². The fourth-order valence-corrected chi connectivity index (χ4v) is 11.0. The Labute approximate surface area is 487 Å². The second kappa shape index (κ2) is 24.3. The van der Waals surface area contributed by atoms with Crippen molar-refractivity contribution in [1.82, 2.24) is 15.0 Å². The summed E-state index contributed by atoms with van der Waals surface area (Å²) in [6.07, 6.45) is 13.0. The first kappa shape index (κ1) is 53.5. The number of hydrogen-bond acceptors (Lipinski definition) is 4. The minimum absolute atomic E-state index is 0. The number of carboxylic acid groups (broad SMARTS) is 1. The molecule has 0 unspecified atom stereocenters. The van der Waals surface area contributed by atoms with Crippen molar-refractivity contribution in [2.45, 2.75) is 33.1 Å². The van der Waals surface area contributed by atoms with Crippen LogP contribution in [-0.4, -0.2) is 26.0 Å². The summed E-state index contributed by atoms with van der Waals surface area (Å²) in [5, 5.41) is 8.68. The Balaban J connectivity index is 0.000000469. The number of carboxylic acids is 1. The van der Waals surface area contributed by atoms with Crippen LogP contribution in [0, 0.1) is 26.0 Å². The SMILES string of the molecule is Cc1cncc(-c2ccccc2-c2cc(-c3ccccc3-c3cncc(C)c3)cc(-c3ccccc3-c3cnc(-c4[c-]cccc4)cc3-c3ccc(-c4ccc(-c5ccccc5)cc4)cc3)c2)c1.O=C(O)c1[c-]cc2c(c1)CCC2.[Ir]. The maximum atomic E-state index is 10.6. The number of aromatic nitrogens is 3. The number of pyridine rings is 3. The second-order valence-electron chi connectivity index (χ2n) is 20.4. The first-order valence-corrected chi connectivity index (χ1v) is 27.1. The molecule has 0 bridgehead atoms. The molecule has 1 radical (unpaired) electrons. The monoisotopic (exact) mass is 1220 g/mol. The number of aromatic carboxylic acids is 1. The van der Waals surface area contributed by atoms with Gasteiger partial charge in [0.1, 0.15) is 0 Å². The Morgan fingerprint density at radius 1 is 0.395 bits per heavy atom. The standard InChI is InChI=1S/C65H46N3.C10H9O2.Ir/c1-44-33-55(41-66-39-44)60-22-11-9-19-57(60)52-35-53(58-20-10-12-23-61(58)56-34-45(2)40-67-42-56)37-54(36-52)59-21-13-14-24-62(59)64-43-68-65(51-17-7-4-8-18-51)38-63(64)50-31-29-49(30-32-50)48-27-25-47(26-28-48)46-15-5-3-6-16-46;11-10(12)9-5-4-7-2-1-3-8(7)6-9;/h3-17,19-43H,1-2H3;4,6H,1-3H2,(H,11,12);/q2*-1;. The van der Waals surface area contributed by atoms with Gasteiger partial charge in [0, 0.05) is 67.8 Å². The van der Waals surface area contributed by atoms with Gasteiger partial charge in [-0.05, 0) is 151 Å². The molecule has 12 aromatic rings. The van der Waals surface area contributed by atoms with Gasteiger partial charge in [0.25, 0.3) is 0 Å². The van der Waals surface area contributed by atoms with Crippen molar-refractivity contribution in [3.63, 3.8) is 0 Å². The van der Waals surface area contributed by atoms with Gasteiger partial charge in [-0.25, -0.2) is 0 Å². The summed E-state index contributed by atoms with van der Waals surface area (Å²) in [6.45, 7) is 4.19. The Morgan fingerprint density at radius 2 is 0.852 bits per heavy atom. The molecule has 0 fully saturated rings. The van der Waals surface area contributed by atoms with E-state index in [1.165, 1.54) is 27.8 Å². The molecule has 3 aromatic heterocycles. The number of hydrogen-bond donors (Lipinski definition) is 1. The predicted octanol–water partition coefficient (Wildman–Crippen LogP) is 18.6. The molecule has 0 saturated heterocycles. The van der Waals surface area contributed by atoms with Crippen molar-refractivity contribution >= 4 is 5.97 Å². The van der Waals surface area contributed by atoms with Crippen LogP contribution in [0.4, 0.5) is 0 Å². The Hall–Kier alpha value is -9.45. The molecular weight excluding hydrogens is 1170 g/mol. The number of aryl methyl sites for hydroxylation is 4. The molecule has 5 nitrogen and oxygen atoms in total. The van der Waals surface area contributed by atoms with E-state index in [0.717, 1.165) is 125 Å². The molecule has 0 saturated carbocycles. The van der Waals surface area contributed by atoms with E-state index >= 15 is 0 Å². The average Bonchev–Trinajstić information content (AvgIpc) is 4.19. The van der Waals surface area contributed by atoms with Crippen LogP contribution in [-0.2, 0) is 32.9 Å². The number of benzene rings is 9. The zero-order chi connectivity index (χ0) is 54.4. The molecule has 13 rings (SSSR count). The van der Waals surface area contributed by atoms with E-state index in [0.29, 0.717) is 0 Å². The molecule has 0 atom stereocenters. The van der Waals surface area contributed by atoms with E-state index in [1.807, 2.05) is 55.2 Å². The molecular formula is C75H55IrN3O2-2. The topological polar surface area (TPSA) is 76.0 Å². The Bertz CT molecular complexity index is 4090. The van der Waals surface area contributed by atoms with Gasteiger partial charge in [-0.2, -0.15) is 0 Å². The third-order valence-corrected chi connectivity index (χ3v) is 15.0. The third kappa shape index (κ3) is 11.8. The average molecular weight is 1220 g/mol. The summed E-state index contributed by atoms with van der Waals surface area (Å²) in [4.78, 5) is 24.9. The Morgan fingerprint density at radius 3 is 1.36 bits per heavy atom. The van der Waals surface area contributed by atoms with Crippen molar-refractivity contribution in [3.8, 4) is 111 Å². The van der Waals surface area contributed by atoms with Crippen LogP contribution >= 0.6 is 0 Å². The third-order valence-electron chi connectivity index (χ3n) is 15.0. The van der Waals surface area contributed by atoms with Gasteiger partial charge in [-0.15, -0.1) is 65.2 Å². The van der Waals surface area contributed by atoms with Crippen LogP contribution in [0.15, 0.2) is 255 Å². The quantitative estimate of drug-likeness (QED) is 0.131. The second-order valence-corrected chi connectivity index (χ2v) is 20.4.